The van der Waals surface area contributed by atoms with E-state index in [1.54, 1.807) is 18.2 Å². The number of halogens is 1. The average Bonchev–Trinajstić information content (AvgIpc) is 3.25. The Morgan fingerprint density at radius 1 is 1.18 bits per heavy atom. The van der Waals surface area contributed by atoms with E-state index in [1.165, 1.54) is 0 Å². The average molecular weight is 484 g/mol. The van der Waals surface area contributed by atoms with Crippen molar-refractivity contribution in [2.24, 2.45) is 0 Å². The first-order valence-corrected chi connectivity index (χ1v) is 11.9. The number of hydrogen-bond acceptors (Lipinski definition) is 4. The summed E-state index contributed by atoms with van der Waals surface area (Å²) in [6.07, 6.45) is 2.81. The Hall–Kier alpha value is -2.61. The Kier molecular flexibility index (Phi) is 6.93. The number of nitrogens with one attached hydrogen (secondary N) is 1. The van der Waals surface area contributed by atoms with Gasteiger partial charge in [0.05, 0.1) is 23.5 Å². The Balaban J connectivity index is 1.80. The Morgan fingerprint density at radius 3 is 2.67 bits per heavy atom. The molecule has 0 spiro atoms. The number of thiocarbonyl (C=S) groups is 1. The summed E-state index contributed by atoms with van der Waals surface area (Å²) in [5.41, 5.74) is 4.84. The molecule has 4 rings (SSSR count). The van der Waals surface area contributed by atoms with Gasteiger partial charge in [-0.05, 0) is 95.1 Å². The van der Waals surface area contributed by atoms with Crippen molar-refractivity contribution in [2.75, 3.05) is 27.2 Å². The Bertz CT molecular complexity index is 1150. The van der Waals surface area contributed by atoms with Gasteiger partial charge in [-0.2, -0.15) is 0 Å². The smallest absolute Gasteiger partial charge is 0.170 e. The van der Waals surface area contributed by atoms with Crippen LogP contribution in [0.1, 0.15) is 41.1 Å². The minimum atomic E-state index is -0.0695. The third-order valence-electron chi connectivity index (χ3n) is 6.17. The first-order chi connectivity index (χ1) is 15.8. The molecule has 6 nitrogen and oxygen atoms in total. The van der Waals surface area contributed by atoms with Crippen molar-refractivity contribution in [3.05, 3.63) is 76.3 Å². The molecule has 1 saturated heterocycles. The zero-order chi connectivity index (χ0) is 23.7. The predicted molar refractivity (Wildman–Crippen MR) is 137 cm³/mol. The van der Waals surface area contributed by atoms with E-state index in [2.05, 4.69) is 51.8 Å². The summed E-state index contributed by atoms with van der Waals surface area (Å²) in [4.78, 5) is 9.10. The van der Waals surface area contributed by atoms with Gasteiger partial charge in [0.25, 0.3) is 0 Å². The maximum Gasteiger partial charge on any atom is 0.170 e. The van der Waals surface area contributed by atoms with Crippen LogP contribution in [0.5, 0.6) is 5.75 Å². The molecular formula is C25H30ClN5OS. The van der Waals surface area contributed by atoms with Crippen LogP contribution in [-0.4, -0.2) is 56.8 Å². The fourth-order valence-corrected chi connectivity index (χ4v) is 5.17. The molecule has 0 saturated carbocycles. The van der Waals surface area contributed by atoms with Crippen LogP contribution in [0.2, 0.25) is 5.02 Å². The lowest BCUT2D eigenvalue weighted by Gasteiger charge is -2.28. The standard InChI is InChI=1S/C25H30ClN5OS/c1-16-14-19(17(2)31(16)21-15-18(26)9-10-22(21)32)24-23(20-8-5-6-11-27-20)28-25(33)30(24)13-7-12-29(3)4/h5-6,8-11,14-15,23-24,32H,7,12-13H2,1-4H3,(H,28,33)/t23-,24-/m1/s1. The van der Waals surface area contributed by atoms with Crippen molar-refractivity contribution in [2.45, 2.75) is 32.4 Å². The van der Waals surface area contributed by atoms with Crippen molar-refractivity contribution in [1.82, 2.24) is 24.7 Å². The highest BCUT2D eigenvalue weighted by Gasteiger charge is 2.41. The molecule has 1 aliphatic heterocycles. The van der Waals surface area contributed by atoms with E-state index >= 15 is 0 Å². The van der Waals surface area contributed by atoms with Gasteiger partial charge < -0.3 is 24.8 Å². The van der Waals surface area contributed by atoms with Gasteiger partial charge in [-0.25, -0.2) is 0 Å². The number of nitrogens with zero attached hydrogens (tertiary/aromatic N) is 4. The van der Waals surface area contributed by atoms with Crippen LogP contribution in [0.4, 0.5) is 0 Å². The number of aromatic nitrogens is 2. The molecule has 1 aliphatic rings. The van der Waals surface area contributed by atoms with Gasteiger partial charge in [0.15, 0.2) is 5.11 Å². The summed E-state index contributed by atoms with van der Waals surface area (Å²) < 4.78 is 2.06. The third-order valence-corrected chi connectivity index (χ3v) is 6.76. The minimum Gasteiger partial charge on any atom is -0.506 e. The second kappa shape index (κ2) is 9.71. The van der Waals surface area contributed by atoms with Gasteiger partial charge in [-0.3, -0.25) is 4.98 Å². The highest BCUT2D eigenvalue weighted by atomic mass is 35.5. The quantitative estimate of drug-likeness (QED) is 0.472. The van der Waals surface area contributed by atoms with E-state index in [9.17, 15) is 5.11 Å². The summed E-state index contributed by atoms with van der Waals surface area (Å²) in [6.45, 7) is 5.95. The van der Waals surface area contributed by atoms with Gasteiger partial charge in [-0.1, -0.05) is 17.7 Å². The lowest BCUT2D eigenvalue weighted by molar-refractivity contribution is 0.292. The molecule has 2 atom stereocenters. The van der Waals surface area contributed by atoms with E-state index in [0.717, 1.165) is 47.3 Å². The molecule has 3 aromatic rings. The number of phenols is 1. The molecule has 0 unspecified atom stereocenters. The third kappa shape index (κ3) is 4.71. The summed E-state index contributed by atoms with van der Waals surface area (Å²) in [6, 6.07) is 13.2. The minimum absolute atomic E-state index is 0.0177. The second-order valence-corrected chi connectivity index (χ2v) is 9.59. The van der Waals surface area contributed by atoms with E-state index in [4.69, 9.17) is 23.8 Å². The summed E-state index contributed by atoms with van der Waals surface area (Å²) >= 11 is 12.1. The molecule has 174 valence electrons. The number of aromatic hydroxyl groups is 1. The van der Waals surface area contributed by atoms with Crippen LogP contribution >= 0.6 is 23.8 Å². The lowest BCUT2D eigenvalue weighted by atomic mass is 9.96. The lowest BCUT2D eigenvalue weighted by Crippen LogP contribution is -2.32. The number of benzene rings is 1. The van der Waals surface area contributed by atoms with Crippen LogP contribution in [-0.2, 0) is 0 Å². The monoisotopic (exact) mass is 483 g/mol. The van der Waals surface area contributed by atoms with Crippen molar-refractivity contribution in [3.8, 4) is 11.4 Å². The van der Waals surface area contributed by atoms with Gasteiger partial charge in [0.2, 0.25) is 0 Å². The zero-order valence-electron chi connectivity index (χ0n) is 19.4. The summed E-state index contributed by atoms with van der Waals surface area (Å²) in [5.74, 6) is 0.192. The number of rotatable bonds is 7. The molecule has 1 aromatic carbocycles. The second-order valence-electron chi connectivity index (χ2n) is 8.77. The van der Waals surface area contributed by atoms with Crippen LogP contribution in [0, 0.1) is 13.8 Å². The van der Waals surface area contributed by atoms with Crippen LogP contribution in [0.25, 0.3) is 5.69 Å². The van der Waals surface area contributed by atoms with Gasteiger partial charge in [-0.15, -0.1) is 0 Å². The first-order valence-electron chi connectivity index (χ1n) is 11.1. The maximum atomic E-state index is 10.6. The zero-order valence-corrected chi connectivity index (χ0v) is 21.0. The number of aryl methyl sites for hydroxylation is 1. The van der Waals surface area contributed by atoms with Crippen LogP contribution in [0.3, 0.4) is 0 Å². The van der Waals surface area contributed by atoms with Gasteiger partial charge >= 0.3 is 0 Å². The van der Waals surface area contributed by atoms with Crippen LogP contribution in [0.15, 0.2) is 48.7 Å². The highest BCUT2D eigenvalue weighted by molar-refractivity contribution is 7.80. The summed E-state index contributed by atoms with van der Waals surface area (Å²) in [7, 11) is 4.17. The largest absolute Gasteiger partial charge is 0.506 e. The molecule has 33 heavy (non-hydrogen) atoms. The van der Waals surface area contributed by atoms with Gasteiger partial charge in [0, 0.05) is 29.2 Å². The fraction of sp³-hybridized carbons (Fsp3) is 0.360. The SMILES string of the molecule is Cc1cc([C@@H]2[C@@H](c3ccccn3)NC(=S)N2CCCN(C)C)c(C)n1-c1cc(Cl)ccc1O. The fourth-order valence-electron chi connectivity index (χ4n) is 4.68. The molecular weight excluding hydrogens is 454 g/mol. The van der Waals surface area contributed by atoms with E-state index in [1.807, 2.05) is 31.3 Å². The molecule has 8 heteroatoms. The molecule has 0 radical (unpaired) electrons. The van der Waals surface area contributed by atoms with Crippen molar-refractivity contribution in [3.63, 3.8) is 0 Å². The molecule has 2 aromatic heterocycles. The Labute approximate surface area is 205 Å². The maximum absolute atomic E-state index is 10.6. The normalized spacial score (nSPS) is 18.2. The molecule has 0 amide bonds. The summed E-state index contributed by atoms with van der Waals surface area (Å²) in [5, 5.41) is 15.4. The first kappa shape index (κ1) is 23.5. The highest BCUT2D eigenvalue weighted by Crippen LogP contribution is 2.42. The molecule has 0 bridgehead atoms. The van der Waals surface area contributed by atoms with E-state index in [-0.39, 0.29) is 17.8 Å². The topological polar surface area (TPSA) is 56.6 Å². The van der Waals surface area contributed by atoms with Gasteiger partial charge in [0.1, 0.15) is 5.75 Å². The Morgan fingerprint density at radius 2 is 1.97 bits per heavy atom. The van der Waals surface area contributed by atoms with E-state index in [0.29, 0.717) is 10.7 Å². The number of phenolic OH excluding ortho intramolecular Hbond substituents is 1. The van der Waals surface area contributed by atoms with Crippen molar-refractivity contribution in [1.29, 1.82) is 0 Å². The molecule has 0 aliphatic carbocycles. The predicted octanol–water partition coefficient (Wildman–Crippen LogP) is 4.77. The number of hydrogen-bond donors (Lipinski definition) is 2. The molecule has 3 heterocycles. The van der Waals surface area contributed by atoms with Crippen LogP contribution < -0.4 is 5.32 Å². The van der Waals surface area contributed by atoms with Crippen molar-refractivity contribution < 1.29 is 5.11 Å². The molecule has 1 fully saturated rings. The van der Waals surface area contributed by atoms with Crippen molar-refractivity contribution >= 4 is 28.9 Å². The number of pyridine rings is 1. The molecule has 2 N–H and O–H groups in total. The van der Waals surface area contributed by atoms with E-state index < -0.39 is 0 Å².